The Balaban J connectivity index is 1.64. The highest BCUT2D eigenvalue weighted by Gasteiger charge is 2.21. The number of nitrogens with zero attached hydrogens (tertiary/aromatic N) is 4. The van der Waals surface area contributed by atoms with Crippen LogP contribution in [-0.4, -0.2) is 26.9 Å². The molecular formula is C22H18N4O4S. The van der Waals surface area contributed by atoms with Gasteiger partial charge >= 0.3 is 0 Å². The Bertz CT molecular complexity index is 1270. The van der Waals surface area contributed by atoms with Crippen molar-refractivity contribution in [3.63, 3.8) is 0 Å². The highest BCUT2D eigenvalue weighted by atomic mass is 32.1. The molecule has 2 aromatic heterocycles. The molecule has 0 atom stereocenters. The fourth-order valence-corrected chi connectivity index (χ4v) is 4.18. The molecule has 0 saturated carbocycles. The molecule has 4 rings (SSSR count). The van der Waals surface area contributed by atoms with E-state index in [0.717, 1.165) is 38.7 Å². The standard InChI is InChI=1S/C22H18N4O4S/c27-20-11-10-17(26(29)30)14-24(20)15-21(28)25(13-12-16-6-2-1-3-7-16)22-23-18-8-4-5-9-19(18)31-22/h1-11,14H,12-13,15H2. The van der Waals surface area contributed by atoms with Crippen molar-refractivity contribution in [3.05, 3.63) is 99.0 Å². The number of thiazole rings is 1. The van der Waals surface area contributed by atoms with Crippen molar-refractivity contribution < 1.29 is 9.72 Å². The van der Waals surface area contributed by atoms with Crippen LogP contribution in [0, 0.1) is 10.1 Å². The van der Waals surface area contributed by atoms with E-state index in [1.807, 2.05) is 54.6 Å². The van der Waals surface area contributed by atoms with Crippen LogP contribution in [0.4, 0.5) is 10.8 Å². The monoisotopic (exact) mass is 434 g/mol. The minimum Gasteiger partial charge on any atom is -0.299 e. The third kappa shape index (κ3) is 4.67. The zero-order chi connectivity index (χ0) is 21.8. The van der Waals surface area contributed by atoms with Gasteiger partial charge in [-0.15, -0.1) is 0 Å². The minimum atomic E-state index is -0.596. The first-order chi connectivity index (χ1) is 15.0. The smallest absolute Gasteiger partial charge is 0.285 e. The quantitative estimate of drug-likeness (QED) is 0.327. The average molecular weight is 434 g/mol. The maximum Gasteiger partial charge on any atom is 0.285 e. The van der Waals surface area contributed by atoms with Gasteiger partial charge in [-0.1, -0.05) is 53.8 Å². The SMILES string of the molecule is O=C(Cn1cc([N+](=O)[O-])ccc1=O)N(CCc1ccccc1)c1nc2ccccc2s1. The van der Waals surface area contributed by atoms with Gasteiger partial charge in [-0.3, -0.25) is 29.2 Å². The fraction of sp³-hybridized carbons (Fsp3) is 0.136. The second kappa shape index (κ2) is 8.88. The summed E-state index contributed by atoms with van der Waals surface area (Å²) < 4.78 is 2.01. The van der Waals surface area contributed by atoms with Crippen molar-refractivity contribution >= 4 is 38.3 Å². The molecule has 9 heteroatoms. The van der Waals surface area contributed by atoms with Gasteiger partial charge in [0.1, 0.15) is 6.54 Å². The van der Waals surface area contributed by atoms with E-state index < -0.39 is 10.5 Å². The Morgan fingerprint density at radius 3 is 2.55 bits per heavy atom. The fourth-order valence-electron chi connectivity index (χ4n) is 3.17. The number of aromatic nitrogens is 2. The Hall–Kier alpha value is -3.85. The second-order valence-corrected chi connectivity index (χ2v) is 7.86. The second-order valence-electron chi connectivity index (χ2n) is 6.86. The van der Waals surface area contributed by atoms with Crippen LogP contribution < -0.4 is 10.5 Å². The molecule has 31 heavy (non-hydrogen) atoms. The van der Waals surface area contributed by atoms with Crippen molar-refractivity contribution in [3.8, 4) is 0 Å². The summed E-state index contributed by atoms with van der Waals surface area (Å²) in [7, 11) is 0. The number of carbonyl (C=O) groups is 1. The summed E-state index contributed by atoms with van der Waals surface area (Å²) in [6.45, 7) is 0.0531. The molecule has 0 aliphatic rings. The molecule has 2 heterocycles. The summed E-state index contributed by atoms with van der Waals surface area (Å²) in [5, 5.41) is 11.6. The molecule has 0 radical (unpaired) electrons. The van der Waals surface area contributed by atoms with E-state index in [1.54, 1.807) is 4.90 Å². The molecule has 4 aromatic rings. The van der Waals surface area contributed by atoms with Crippen molar-refractivity contribution in [1.82, 2.24) is 9.55 Å². The zero-order valence-electron chi connectivity index (χ0n) is 16.4. The number of benzene rings is 2. The van der Waals surface area contributed by atoms with E-state index in [-0.39, 0.29) is 18.1 Å². The third-order valence-corrected chi connectivity index (χ3v) is 5.83. The first kappa shape index (κ1) is 20.4. The first-order valence-corrected chi connectivity index (χ1v) is 10.4. The first-order valence-electron chi connectivity index (χ1n) is 9.56. The van der Waals surface area contributed by atoms with E-state index in [4.69, 9.17) is 0 Å². The zero-order valence-corrected chi connectivity index (χ0v) is 17.2. The highest BCUT2D eigenvalue weighted by Crippen LogP contribution is 2.29. The van der Waals surface area contributed by atoms with Gasteiger partial charge in [-0.2, -0.15) is 0 Å². The van der Waals surface area contributed by atoms with Gasteiger partial charge in [0.15, 0.2) is 5.13 Å². The predicted octanol–water partition coefficient (Wildman–Crippen LogP) is 3.64. The van der Waals surface area contributed by atoms with Crippen molar-refractivity contribution in [1.29, 1.82) is 0 Å². The van der Waals surface area contributed by atoms with Crippen molar-refractivity contribution in [2.75, 3.05) is 11.4 Å². The van der Waals surface area contributed by atoms with Gasteiger partial charge in [-0.05, 0) is 24.1 Å². The number of pyridine rings is 1. The lowest BCUT2D eigenvalue weighted by Gasteiger charge is -2.20. The van der Waals surface area contributed by atoms with Crippen LogP contribution in [0.1, 0.15) is 5.56 Å². The van der Waals surface area contributed by atoms with Crippen molar-refractivity contribution in [2.24, 2.45) is 0 Å². The number of hydrogen-bond acceptors (Lipinski definition) is 6. The number of para-hydroxylation sites is 1. The third-order valence-electron chi connectivity index (χ3n) is 4.77. The lowest BCUT2D eigenvalue weighted by atomic mass is 10.1. The maximum absolute atomic E-state index is 13.2. The van der Waals surface area contributed by atoms with Gasteiger partial charge in [0, 0.05) is 18.7 Å². The lowest BCUT2D eigenvalue weighted by molar-refractivity contribution is -0.385. The van der Waals surface area contributed by atoms with Gasteiger partial charge in [0.2, 0.25) is 5.91 Å². The summed E-state index contributed by atoms with van der Waals surface area (Å²) in [6.07, 6.45) is 1.69. The summed E-state index contributed by atoms with van der Waals surface area (Å²) in [5.41, 5.74) is 1.12. The number of hydrogen-bond donors (Lipinski definition) is 0. The number of rotatable bonds is 7. The van der Waals surface area contributed by atoms with E-state index in [9.17, 15) is 19.7 Å². The molecule has 0 saturated heterocycles. The Labute approximate surface area is 181 Å². The van der Waals surface area contributed by atoms with Crippen LogP contribution in [0.25, 0.3) is 10.2 Å². The molecule has 0 aliphatic heterocycles. The number of fused-ring (bicyclic) bond motifs is 1. The maximum atomic E-state index is 13.2. The van der Waals surface area contributed by atoms with E-state index >= 15 is 0 Å². The molecular weight excluding hydrogens is 416 g/mol. The van der Waals surface area contributed by atoms with E-state index in [0.29, 0.717) is 18.1 Å². The highest BCUT2D eigenvalue weighted by molar-refractivity contribution is 7.22. The van der Waals surface area contributed by atoms with Gasteiger partial charge in [-0.25, -0.2) is 4.98 Å². The molecule has 2 aromatic carbocycles. The van der Waals surface area contributed by atoms with Gasteiger partial charge < -0.3 is 0 Å². The predicted molar refractivity (Wildman–Crippen MR) is 119 cm³/mol. The Kier molecular flexibility index (Phi) is 5.85. The van der Waals surface area contributed by atoms with Crippen LogP contribution in [-0.2, 0) is 17.8 Å². The van der Waals surface area contributed by atoms with E-state index in [1.165, 1.54) is 11.3 Å². The van der Waals surface area contributed by atoms with Crippen LogP contribution in [0.3, 0.4) is 0 Å². The average Bonchev–Trinajstić information content (AvgIpc) is 3.20. The lowest BCUT2D eigenvalue weighted by Crippen LogP contribution is -2.37. The van der Waals surface area contributed by atoms with Crippen molar-refractivity contribution in [2.45, 2.75) is 13.0 Å². The molecule has 0 fully saturated rings. The van der Waals surface area contributed by atoms with Crippen LogP contribution >= 0.6 is 11.3 Å². The van der Waals surface area contributed by atoms with Crippen LogP contribution in [0.5, 0.6) is 0 Å². The molecule has 8 nitrogen and oxygen atoms in total. The Morgan fingerprint density at radius 2 is 1.81 bits per heavy atom. The minimum absolute atomic E-state index is 0.247. The topological polar surface area (TPSA) is 98.3 Å². The molecule has 0 spiro atoms. The molecule has 1 amide bonds. The molecule has 0 N–H and O–H groups in total. The van der Waals surface area contributed by atoms with Gasteiger partial charge in [0.25, 0.3) is 11.2 Å². The summed E-state index contributed by atoms with van der Waals surface area (Å²) in [5.74, 6) is -0.363. The van der Waals surface area contributed by atoms with Gasteiger partial charge in [0.05, 0.1) is 21.3 Å². The number of carbonyl (C=O) groups excluding carboxylic acids is 1. The normalized spacial score (nSPS) is 10.8. The largest absolute Gasteiger partial charge is 0.299 e. The molecule has 0 aliphatic carbocycles. The Morgan fingerprint density at radius 1 is 1.06 bits per heavy atom. The summed E-state index contributed by atoms with van der Waals surface area (Å²) in [4.78, 5) is 42.0. The number of anilines is 1. The number of amides is 1. The molecule has 156 valence electrons. The summed E-state index contributed by atoms with van der Waals surface area (Å²) in [6, 6.07) is 19.6. The molecule has 0 bridgehead atoms. The van der Waals surface area contributed by atoms with Crippen LogP contribution in [0.2, 0.25) is 0 Å². The number of nitro groups is 1. The van der Waals surface area contributed by atoms with E-state index in [2.05, 4.69) is 4.98 Å². The molecule has 0 unspecified atom stereocenters. The van der Waals surface area contributed by atoms with Crippen LogP contribution in [0.15, 0.2) is 77.7 Å². The summed E-state index contributed by atoms with van der Waals surface area (Å²) >= 11 is 1.39.